The Bertz CT molecular complexity index is 2560. The van der Waals surface area contributed by atoms with Gasteiger partial charge in [0.25, 0.3) is 0 Å². The molecule has 0 radical (unpaired) electrons. The summed E-state index contributed by atoms with van der Waals surface area (Å²) >= 11 is 13.1. The van der Waals surface area contributed by atoms with Crippen molar-refractivity contribution in [2.24, 2.45) is 0 Å². The van der Waals surface area contributed by atoms with Gasteiger partial charge in [0.1, 0.15) is 17.3 Å². The summed E-state index contributed by atoms with van der Waals surface area (Å²) in [5, 5.41) is 18.5. The number of halogens is 3. The zero-order valence-electron chi connectivity index (χ0n) is 34.7. The van der Waals surface area contributed by atoms with E-state index in [-0.39, 0.29) is 40.3 Å². The van der Waals surface area contributed by atoms with Crippen LogP contribution in [0.1, 0.15) is 108 Å². The van der Waals surface area contributed by atoms with Crippen molar-refractivity contribution < 1.29 is 33.5 Å². The van der Waals surface area contributed by atoms with Crippen molar-refractivity contribution in [2.45, 2.75) is 106 Å². The number of amides is 4. The molecule has 63 heavy (non-hydrogen) atoms. The molecule has 11 nitrogen and oxygen atoms in total. The summed E-state index contributed by atoms with van der Waals surface area (Å²) in [6.45, 7) is 5.28. The van der Waals surface area contributed by atoms with Gasteiger partial charge < -0.3 is 20.6 Å². The van der Waals surface area contributed by atoms with Gasteiger partial charge in [-0.25, -0.2) is 9.18 Å². The Hall–Kier alpha value is -5.56. The number of anilines is 2. The number of likely N-dealkylation sites (tertiary alicyclic amines) is 1. The fourth-order valence-electron chi connectivity index (χ4n) is 11.6. The fraction of sp³-hybridized carbons (Fsp3) is 0.367. The number of rotatable bonds is 11. The van der Waals surface area contributed by atoms with E-state index in [1.165, 1.54) is 30.3 Å². The zero-order valence-corrected chi connectivity index (χ0v) is 36.2. The number of fused-ring (bicyclic) bond motifs is 4. The van der Waals surface area contributed by atoms with E-state index in [2.05, 4.69) is 33.5 Å². The normalized spacial score (nSPS) is 23.8. The van der Waals surface area contributed by atoms with Gasteiger partial charge in [0.05, 0.1) is 16.6 Å². The van der Waals surface area contributed by atoms with Crippen LogP contribution in [-0.2, 0) is 37.6 Å². The highest BCUT2D eigenvalue weighted by atomic mass is 35.5. The molecule has 2 saturated heterocycles. The largest absolute Gasteiger partial charge is 0.478 e. The highest BCUT2D eigenvalue weighted by molar-refractivity contribution is 6.31. The molecule has 0 aromatic heterocycles. The third kappa shape index (κ3) is 7.10. The number of aryl methyl sites for hydroxylation is 1. The van der Waals surface area contributed by atoms with Gasteiger partial charge in [-0.15, -0.1) is 0 Å². The number of carbonyl (C=O) groups is 5. The summed E-state index contributed by atoms with van der Waals surface area (Å²) in [7, 11) is 0. The lowest BCUT2D eigenvalue weighted by Crippen LogP contribution is -2.61. The number of nitrogens with zero attached hydrogens (tertiary/aromatic N) is 2. The highest BCUT2D eigenvalue weighted by Gasteiger charge is 2.75. The van der Waals surface area contributed by atoms with Crippen LogP contribution in [0.3, 0.4) is 0 Å². The molecule has 4 aliphatic heterocycles. The summed E-state index contributed by atoms with van der Waals surface area (Å²) in [5.41, 5.74) is 3.52. The van der Waals surface area contributed by atoms with Gasteiger partial charge in [-0.3, -0.25) is 29.4 Å². The minimum atomic E-state index is -1.42. The van der Waals surface area contributed by atoms with Crippen LogP contribution in [0, 0.1) is 5.82 Å². The average Bonchev–Trinajstić information content (AvgIpc) is 3.84. The second-order valence-electron chi connectivity index (χ2n) is 17.5. The Kier molecular flexibility index (Phi) is 11.4. The first-order valence-corrected chi connectivity index (χ1v) is 22.5. The van der Waals surface area contributed by atoms with Crippen molar-refractivity contribution in [1.82, 2.24) is 15.1 Å². The van der Waals surface area contributed by atoms with Gasteiger partial charge in [0.15, 0.2) is 0 Å². The lowest BCUT2D eigenvalue weighted by Gasteiger charge is -2.51. The quantitative estimate of drug-likeness (QED) is 0.0863. The van der Waals surface area contributed by atoms with Crippen molar-refractivity contribution in [3.05, 3.63) is 135 Å². The Morgan fingerprint density at radius 3 is 2.43 bits per heavy atom. The Morgan fingerprint density at radius 2 is 1.68 bits per heavy atom. The molecule has 9 rings (SSSR count). The van der Waals surface area contributed by atoms with Crippen molar-refractivity contribution >= 4 is 69.9 Å². The van der Waals surface area contributed by atoms with Crippen LogP contribution in [0.25, 0.3) is 5.70 Å². The van der Waals surface area contributed by atoms with Crippen LogP contribution in [0.5, 0.6) is 0 Å². The number of carbonyl (C=O) groups excluding carboxylic acids is 4. The molecule has 4 N–H and O–H groups in total. The van der Waals surface area contributed by atoms with E-state index in [4.69, 9.17) is 23.2 Å². The average molecular weight is 893 g/mol. The van der Waals surface area contributed by atoms with E-state index in [1.807, 2.05) is 23.1 Å². The highest BCUT2D eigenvalue weighted by Crippen LogP contribution is 2.66. The Labute approximate surface area is 375 Å². The molecule has 0 bridgehead atoms. The SMILES string of the molecule is C=C1c2cccc(CCCCCN3[C@@H](C(=O)Nc4ccc(C(=O)O)cc4)[C@H](c4cccc(Cl)c4F)[C@]4(C(=O)Nc5cc(Cl)ccc54)C34CCCCC4)c2CN1C1CCC(=O)NC1=O. The van der Waals surface area contributed by atoms with Crippen LogP contribution < -0.4 is 16.0 Å². The van der Waals surface area contributed by atoms with E-state index >= 15 is 14.0 Å². The van der Waals surface area contributed by atoms with Gasteiger partial charge in [-0.05, 0) is 110 Å². The first kappa shape index (κ1) is 42.7. The molecule has 2 spiro atoms. The smallest absolute Gasteiger partial charge is 0.335 e. The summed E-state index contributed by atoms with van der Waals surface area (Å²) in [4.78, 5) is 71.0. The molecule has 4 aromatic rings. The van der Waals surface area contributed by atoms with Crippen LogP contribution in [0.4, 0.5) is 15.8 Å². The monoisotopic (exact) mass is 891 g/mol. The second-order valence-corrected chi connectivity index (χ2v) is 18.3. The molecule has 1 saturated carbocycles. The molecular weight excluding hydrogens is 844 g/mol. The van der Waals surface area contributed by atoms with Crippen molar-refractivity contribution in [3.63, 3.8) is 0 Å². The van der Waals surface area contributed by atoms with Crippen molar-refractivity contribution in [1.29, 1.82) is 0 Å². The van der Waals surface area contributed by atoms with E-state index in [0.717, 1.165) is 60.9 Å². The van der Waals surface area contributed by atoms with Crippen molar-refractivity contribution in [2.75, 3.05) is 17.2 Å². The summed E-state index contributed by atoms with van der Waals surface area (Å²) < 4.78 is 16.8. The standard InChI is InChI=1S/C49H48Cl2FN5O6/c1-28-33-12-8-11-29(35(33)27-56(28)39-21-22-40(58)55-44(39)59)10-4-2-7-25-57-43(45(60)53-32-18-15-30(16-19-32)46(61)62)41(34-13-9-14-37(51)42(34)52)49(48(57)23-5-3-6-24-48)36-20-17-31(50)26-38(36)54-47(49)63/h8-9,11-20,26,39,41,43H,1-7,10,21-25,27H2,(H,53,60)(H,54,63)(H,61,62)(H,55,58,59)/t39?,41-,43+,49+/m0/s1. The number of piperidine rings is 1. The van der Waals surface area contributed by atoms with Crippen LogP contribution >= 0.6 is 23.2 Å². The second kappa shape index (κ2) is 16.9. The number of imide groups is 1. The molecule has 1 aliphatic carbocycles. The molecule has 3 fully saturated rings. The number of hydrogen-bond acceptors (Lipinski definition) is 7. The Balaban J connectivity index is 1.06. The number of benzene rings is 4. The number of unbranched alkanes of at least 4 members (excludes halogenated alkanes) is 2. The maximum Gasteiger partial charge on any atom is 0.335 e. The number of nitrogens with one attached hydrogen (secondary N) is 3. The molecule has 14 heteroatoms. The maximum absolute atomic E-state index is 16.8. The first-order valence-electron chi connectivity index (χ1n) is 21.7. The predicted octanol–water partition coefficient (Wildman–Crippen LogP) is 8.83. The molecule has 326 valence electrons. The molecule has 4 aromatic carbocycles. The predicted molar refractivity (Wildman–Crippen MR) is 239 cm³/mol. The number of carboxylic acid groups (broad SMARTS) is 1. The molecular formula is C49H48Cl2FN5O6. The van der Waals surface area contributed by atoms with Gasteiger partial charge in [-0.1, -0.05) is 91.9 Å². The third-order valence-electron chi connectivity index (χ3n) is 14.3. The maximum atomic E-state index is 16.8. The summed E-state index contributed by atoms with van der Waals surface area (Å²) in [6.07, 6.45) is 7.45. The molecule has 4 atom stereocenters. The van der Waals surface area contributed by atoms with Gasteiger partial charge in [0.2, 0.25) is 23.6 Å². The minimum absolute atomic E-state index is 0.0596. The summed E-state index contributed by atoms with van der Waals surface area (Å²) in [5.74, 6) is -4.14. The van der Waals surface area contributed by atoms with Crippen LogP contribution in [-0.4, -0.2) is 68.7 Å². The van der Waals surface area contributed by atoms with Gasteiger partial charge >= 0.3 is 5.97 Å². The zero-order chi connectivity index (χ0) is 44.2. The lowest BCUT2D eigenvalue weighted by atomic mass is 9.55. The van der Waals surface area contributed by atoms with Crippen LogP contribution in [0.15, 0.2) is 85.4 Å². The van der Waals surface area contributed by atoms with Gasteiger partial charge in [-0.2, -0.15) is 0 Å². The van der Waals surface area contributed by atoms with E-state index in [9.17, 15) is 19.5 Å². The number of hydrogen-bond donors (Lipinski definition) is 4. The molecule has 4 heterocycles. The first-order chi connectivity index (χ1) is 30.3. The van der Waals surface area contributed by atoms with Gasteiger partial charge in [0, 0.05) is 52.1 Å². The fourth-order valence-corrected chi connectivity index (χ4v) is 12.0. The topological polar surface area (TPSA) is 148 Å². The minimum Gasteiger partial charge on any atom is -0.478 e. The Morgan fingerprint density at radius 1 is 0.921 bits per heavy atom. The lowest BCUT2D eigenvalue weighted by molar-refractivity contribution is -0.136. The summed E-state index contributed by atoms with van der Waals surface area (Å²) in [6, 6.07) is 20.6. The molecule has 5 aliphatic rings. The van der Waals surface area contributed by atoms with Crippen molar-refractivity contribution in [3.8, 4) is 0 Å². The number of carboxylic acids is 1. The van der Waals surface area contributed by atoms with Crippen LogP contribution in [0.2, 0.25) is 10.0 Å². The molecule has 4 amide bonds. The number of aromatic carboxylic acids is 1. The van der Waals surface area contributed by atoms with E-state index < -0.39 is 46.6 Å². The van der Waals surface area contributed by atoms with E-state index in [1.54, 1.807) is 24.3 Å². The van der Waals surface area contributed by atoms with E-state index in [0.29, 0.717) is 60.7 Å². The third-order valence-corrected chi connectivity index (χ3v) is 14.8. The molecule has 1 unspecified atom stereocenters.